The van der Waals surface area contributed by atoms with Crippen molar-refractivity contribution in [1.82, 2.24) is 19.4 Å². The summed E-state index contributed by atoms with van der Waals surface area (Å²) < 4.78 is 48.5. The molecule has 8 rings (SSSR count). The third kappa shape index (κ3) is 7.97. The van der Waals surface area contributed by atoms with Gasteiger partial charge in [0.05, 0.1) is 40.6 Å². The van der Waals surface area contributed by atoms with Crippen molar-refractivity contribution in [3.05, 3.63) is 125 Å². The van der Waals surface area contributed by atoms with Gasteiger partial charge in [0.15, 0.2) is 11.6 Å². The Labute approximate surface area is 307 Å². The first-order valence-electron chi connectivity index (χ1n) is 17.4. The van der Waals surface area contributed by atoms with E-state index in [9.17, 15) is 14.0 Å². The number of carbonyl (C=O) groups excluding carboxylic acids is 1. The molecular formula is C40H35F2N5O5S. The number of ether oxygens (including phenoxy) is 3. The first-order valence-corrected chi connectivity index (χ1v) is 18.3. The molecule has 0 bridgehead atoms. The fraction of sp³-hybridized carbons (Fsp3) is 0.250. The Morgan fingerprint density at radius 3 is 2.53 bits per heavy atom. The minimum Gasteiger partial charge on any atom is -0.492 e. The van der Waals surface area contributed by atoms with E-state index in [4.69, 9.17) is 19.2 Å². The van der Waals surface area contributed by atoms with Crippen molar-refractivity contribution in [3.8, 4) is 33.5 Å². The molecule has 0 unspecified atom stereocenters. The van der Waals surface area contributed by atoms with Gasteiger partial charge in [0.2, 0.25) is 0 Å². The van der Waals surface area contributed by atoms with Gasteiger partial charge in [-0.15, -0.1) is 11.3 Å². The number of amides is 1. The lowest BCUT2D eigenvalue weighted by Gasteiger charge is -2.26. The van der Waals surface area contributed by atoms with Crippen molar-refractivity contribution < 1.29 is 27.8 Å². The number of halogens is 2. The number of rotatable bonds is 12. The van der Waals surface area contributed by atoms with Crippen LogP contribution in [0.2, 0.25) is 0 Å². The predicted molar refractivity (Wildman–Crippen MR) is 198 cm³/mol. The number of benzene rings is 2. The Balaban J connectivity index is 0.993. The van der Waals surface area contributed by atoms with Crippen molar-refractivity contribution in [2.24, 2.45) is 5.92 Å². The number of nitrogens with one attached hydrogen (secondary N) is 1. The van der Waals surface area contributed by atoms with Crippen molar-refractivity contribution >= 4 is 33.1 Å². The maximum atomic E-state index is 15.6. The molecule has 10 nitrogen and oxygen atoms in total. The van der Waals surface area contributed by atoms with Crippen LogP contribution in [0.25, 0.3) is 26.5 Å². The number of morpholine rings is 1. The van der Waals surface area contributed by atoms with Crippen LogP contribution in [0.1, 0.15) is 35.2 Å². The van der Waals surface area contributed by atoms with Crippen LogP contribution in [-0.2, 0) is 11.3 Å². The number of nitrogens with zero attached hydrogens (tertiary/aromatic N) is 4. The van der Waals surface area contributed by atoms with Gasteiger partial charge in [-0.3, -0.25) is 29.0 Å². The van der Waals surface area contributed by atoms with E-state index in [1.807, 2.05) is 18.3 Å². The molecule has 1 N–H and O–H groups in total. The summed E-state index contributed by atoms with van der Waals surface area (Å²) in [7, 11) is 0. The van der Waals surface area contributed by atoms with E-state index in [0.29, 0.717) is 29.5 Å². The third-order valence-electron chi connectivity index (χ3n) is 9.24. The lowest BCUT2D eigenvalue weighted by Crippen LogP contribution is -2.35. The van der Waals surface area contributed by atoms with Gasteiger partial charge in [-0.05, 0) is 72.5 Å². The number of thiophene rings is 1. The molecule has 2 aliphatic rings. The molecule has 1 amide bonds. The molecule has 0 radical (unpaired) electrons. The summed E-state index contributed by atoms with van der Waals surface area (Å²) in [6, 6.07) is 18.6. The summed E-state index contributed by atoms with van der Waals surface area (Å²) >= 11 is 1.45. The van der Waals surface area contributed by atoms with E-state index in [0.717, 1.165) is 79.0 Å². The molecule has 1 aliphatic heterocycles. The summed E-state index contributed by atoms with van der Waals surface area (Å²) in [5.74, 6) is -0.890. The number of aromatic nitrogens is 3. The largest absolute Gasteiger partial charge is 0.492 e. The molecule has 2 fully saturated rings. The normalized spacial score (nSPS) is 14.7. The van der Waals surface area contributed by atoms with Crippen LogP contribution >= 0.6 is 11.3 Å². The molecule has 5 heterocycles. The van der Waals surface area contributed by atoms with Gasteiger partial charge in [-0.2, -0.15) is 0 Å². The monoisotopic (exact) mass is 735 g/mol. The highest BCUT2D eigenvalue weighted by Gasteiger charge is 2.24. The second-order valence-electron chi connectivity index (χ2n) is 13.1. The third-order valence-corrected chi connectivity index (χ3v) is 10.4. The molecule has 4 aromatic heterocycles. The zero-order valence-corrected chi connectivity index (χ0v) is 29.4. The highest BCUT2D eigenvalue weighted by atomic mass is 32.1. The van der Waals surface area contributed by atoms with Crippen LogP contribution in [0.3, 0.4) is 0 Å². The van der Waals surface area contributed by atoms with Gasteiger partial charge in [0, 0.05) is 61.7 Å². The van der Waals surface area contributed by atoms with Gasteiger partial charge in [0.25, 0.3) is 11.5 Å². The van der Waals surface area contributed by atoms with E-state index >= 15 is 4.39 Å². The summed E-state index contributed by atoms with van der Waals surface area (Å²) in [6.45, 7) is 4.44. The molecule has 0 atom stereocenters. The maximum Gasteiger partial charge on any atom is 0.271 e. The molecule has 0 spiro atoms. The number of hydrogen-bond donors (Lipinski definition) is 1. The van der Waals surface area contributed by atoms with Crippen molar-refractivity contribution in [1.29, 1.82) is 0 Å². The summed E-state index contributed by atoms with van der Waals surface area (Å²) in [5.41, 5.74) is 2.20. The summed E-state index contributed by atoms with van der Waals surface area (Å²) in [6.07, 6.45) is 8.05. The van der Waals surface area contributed by atoms with Crippen LogP contribution in [0.15, 0.2) is 96.2 Å². The van der Waals surface area contributed by atoms with E-state index in [-0.39, 0.29) is 22.7 Å². The molecule has 1 saturated heterocycles. The fourth-order valence-electron chi connectivity index (χ4n) is 6.17. The highest BCUT2D eigenvalue weighted by molar-refractivity contribution is 7.22. The van der Waals surface area contributed by atoms with E-state index in [1.54, 1.807) is 12.3 Å². The molecule has 2 aromatic carbocycles. The van der Waals surface area contributed by atoms with Gasteiger partial charge in [0.1, 0.15) is 22.9 Å². The smallest absolute Gasteiger partial charge is 0.271 e. The Morgan fingerprint density at radius 1 is 0.943 bits per heavy atom. The summed E-state index contributed by atoms with van der Waals surface area (Å²) in [4.78, 5) is 39.7. The Kier molecular flexibility index (Phi) is 9.94. The number of pyridine rings is 3. The van der Waals surface area contributed by atoms with Gasteiger partial charge in [-0.25, -0.2) is 8.78 Å². The van der Waals surface area contributed by atoms with Crippen LogP contribution in [0.5, 0.6) is 17.2 Å². The van der Waals surface area contributed by atoms with Crippen molar-refractivity contribution in [3.63, 3.8) is 0 Å². The topological polar surface area (TPSA) is 108 Å². The Hall–Kier alpha value is -5.50. The number of hydrogen-bond acceptors (Lipinski definition) is 9. The van der Waals surface area contributed by atoms with Crippen LogP contribution < -0.4 is 20.3 Å². The zero-order valence-electron chi connectivity index (χ0n) is 28.6. The fourth-order valence-corrected chi connectivity index (χ4v) is 7.21. The Morgan fingerprint density at radius 2 is 1.77 bits per heavy atom. The van der Waals surface area contributed by atoms with Gasteiger partial charge < -0.3 is 19.5 Å². The van der Waals surface area contributed by atoms with Gasteiger partial charge >= 0.3 is 0 Å². The molecule has 53 heavy (non-hydrogen) atoms. The molecule has 1 aliphatic carbocycles. The van der Waals surface area contributed by atoms with Crippen molar-refractivity contribution in [2.75, 3.05) is 38.2 Å². The first kappa shape index (κ1) is 34.6. The molecule has 6 aromatic rings. The second kappa shape index (κ2) is 15.2. The SMILES string of the molecule is O=C(Nc1ccc(Oc2ccnc3cc(-c4ccc(CN5CCOCC5)cn4)sc23)c(F)c1)c1c(OCCC2CC2)ccn(-c2ccc(F)cc2)c1=O. The van der Waals surface area contributed by atoms with E-state index in [1.165, 1.54) is 64.6 Å². The van der Waals surface area contributed by atoms with E-state index < -0.39 is 23.1 Å². The molecule has 13 heteroatoms. The maximum absolute atomic E-state index is 15.6. The van der Waals surface area contributed by atoms with E-state index in [2.05, 4.69) is 21.3 Å². The quantitative estimate of drug-likeness (QED) is 0.136. The average Bonchev–Trinajstić information content (AvgIpc) is 3.89. The van der Waals surface area contributed by atoms with Gasteiger partial charge in [-0.1, -0.05) is 18.9 Å². The molecule has 1 saturated carbocycles. The number of anilines is 1. The lowest BCUT2D eigenvalue weighted by atomic mass is 10.2. The average molecular weight is 736 g/mol. The zero-order chi connectivity index (χ0) is 36.3. The van der Waals surface area contributed by atoms with Crippen LogP contribution in [-0.4, -0.2) is 58.3 Å². The first-order chi connectivity index (χ1) is 25.9. The Bertz CT molecular complexity index is 2320. The molecular weight excluding hydrogens is 701 g/mol. The molecule has 270 valence electrons. The lowest BCUT2D eigenvalue weighted by molar-refractivity contribution is 0.0341. The second-order valence-corrected chi connectivity index (χ2v) is 14.1. The predicted octanol–water partition coefficient (Wildman–Crippen LogP) is 7.84. The van der Waals surface area contributed by atoms with Crippen LogP contribution in [0, 0.1) is 17.6 Å². The minimum absolute atomic E-state index is 0.0569. The number of carbonyl (C=O) groups is 1. The highest BCUT2D eigenvalue weighted by Crippen LogP contribution is 2.39. The number of fused-ring (bicyclic) bond motifs is 1. The van der Waals surface area contributed by atoms with Crippen molar-refractivity contribution in [2.45, 2.75) is 25.8 Å². The summed E-state index contributed by atoms with van der Waals surface area (Å²) in [5, 5.41) is 2.64. The van der Waals surface area contributed by atoms with Crippen LogP contribution in [0.4, 0.5) is 14.5 Å². The minimum atomic E-state index is -0.773. The standard InChI is InChI=1S/C40H35F2N5O5S/c41-27-4-7-29(8-5-27)47-15-12-34(51-18-13-25-1-2-25)37(40(47)49)39(48)45-28-6-10-33(30(42)21-28)52-35-11-14-43-32-22-36(53-38(32)35)31-9-3-26(23-44-31)24-46-16-19-50-20-17-46/h3-12,14-15,21-23,25H,1-2,13,16-20,24H2,(H,45,48).